The van der Waals surface area contributed by atoms with E-state index >= 15 is 0 Å². The van der Waals surface area contributed by atoms with Crippen LogP contribution in [0, 0.1) is 5.82 Å². The molecule has 0 radical (unpaired) electrons. The monoisotopic (exact) mass is 386 g/mol. The summed E-state index contributed by atoms with van der Waals surface area (Å²) in [4.78, 5) is 13.9. The Balaban J connectivity index is 1.92. The van der Waals surface area contributed by atoms with Crippen molar-refractivity contribution in [1.29, 1.82) is 0 Å². The molecule has 0 bridgehead atoms. The number of benzene rings is 1. The van der Waals surface area contributed by atoms with Gasteiger partial charge in [-0.1, -0.05) is 0 Å². The van der Waals surface area contributed by atoms with Gasteiger partial charge in [-0.3, -0.25) is 0 Å². The highest BCUT2D eigenvalue weighted by atomic mass is 79.9. The van der Waals surface area contributed by atoms with E-state index in [9.17, 15) is 9.18 Å². The van der Waals surface area contributed by atoms with E-state index in [1.165, 1.54) is 12.1 Å². The molecule has 2 rings (SSSR count). The fraction of sp³-hybridized carbons (Fsp3) is 0.588. The normalized spacial score (nSPS) is 19.2. The van der Waals surface area contributed by atoms with Crippen molar-refractivity contribution in [2.75, 3.05) is 18.4 Å². The molecule has 1 aliphatic heterocycles. The van der Waals surface area contributed by atoms with Crippen molar-refractivity contribution in [3.8, 4) is 0 Å². The van der Waals surface area contributed by atoms with Crippen LogP contribution in [0.15, 0.2) is 22.7 Å². The average Bonchev–Trinajstić information content (AvgIpc) is 2.66. The van der Waals surface area contributed by atoms with Crippen LogP contribution in [0.3, 0.4) is 0 Å². The van der Waals surface area contributed by atoms with Gasteiger partial charge in [0, 0.05) is 29.3 Å². The highest BCUT2D eigenvalue weighted by Gasteiger charge is 2.25. The van der Waals surface area contributed by atoms with Crippen LogP contribution in [0.5, 0.6) is 0 Å². The summed E-state index contributed by atoms with van der Waals surface area (Å²) in [6.45, 7) is 6.99. The third-order valence-electron chi connectivity index (χ3n) is 3.67. The second-order valence-electron chi connectivity index (χ2n) is 6.86. The molecule has 4 nitrogen and oxygen atoms in total. The maximum atomic E-state index is 13.2. The van der Waals surface area contributed by atoms with Gasteiger partial charge in [0.25, 0.3) is 0 Å². The molecule has 1 fully saturated rings. The molecule has 1 atom stereocenters. The highest BCUT2D eigenvalue weighted by Crippen LogP contribution is 2.26. The molecule has 1 saturated heterocycles. The van der Waals surface area contributed by atoms with Crippen LogP contribution in [-0.2, 0) is 4.74 Å². The summed E-state index contributed by atoms with van der Waals surface area (Å²) in [6.07, 6.45) is 2.46. The van der Waals surface area contributed by atoms with E-state index in [0.717, 1.165) is 24.9 Å². The van der Waals surface area contributed by atoms with E-state index in [2.05, 4.69) is 21.2 Å². The third kappa shape index (κ3) is 5.68. The van der Waals surface area contributed by atoms with Crippen molar-refractivity contribution >= 4 is 27.7 Å². The third-order valence-corrected chi connectivity index (χ3v) is 4.33. The van der Waals surface area contributed by atoms with E-state index < -0.39 is 5.60 Å². The zero-order valence-corrected chi connectivity index (χ0v) is 15.5. The molecular formula is C17H24BrFN2O2. The SMILES string of the molecule is CC(C)(C)OC(=O)N1CCCC(Nc2ccc(F)cc2Br)CC1. The fourth-order valence-corrected chi connectivity index (χ4v) is 3.04. The number of likely N-dealkylation sites (tertiary alicyclic amines) is 1. The Morgan fingerprint density at radius 2 is 2.09 bits per heavy atom. The van der Waals surface area contributed by atoms with Gasteiger partial charge >= 0.3 is 6.09 Å². The summed E-state index contributed by atoms with van der Waals surface area (Å²) in [6, 6.07) is 4.88. The fourth-order valence-electron chi connectivity index (χ4n) is 2.58. The van der Waals surface area contributed by atoms with Crippen LogP contribution in [0.25, 0.3) is 0 Å². The molecule has 0 aliphatic carbocycles. The number of hydrogen-bond donors (Lipinski definition) is 1. The summed E-state index contributed by atoms with van der Waals surface area (Å²) in [5.74, 6) is -0.264. The van der Waals surface area contributed by atoms with Crippen LogP contribution in [0.4, 0.5) is 14.9 Å². The molecule has 128 valence electrons. The van der Waals surface area contributed by atoms with E-state index in [4.69, 9.17) is 4.74 Å². The number of carbonyl (C=O) groups is 1. The van der Waals surface area contributed by atoms with Crippen LogP contribution < -0.4 is 5.32 Å². The van der Waals surface area contributed by atoms with Gasteiger partial charge in [-0.2, -0.15) is 0 Å². The Morgan fingerprint density at radius 3 is 2.74 bits per heavy atom. The zero-order chi connectivity index (χ0) is 17.0. The summed E-state index contributed by atoms with van der Waals surface area (Å²) in [5, 5.41) is 3.43. The Labute approximate surface area is 145 Å². The van der Waals surface area contributed by atoms with Gasteiger partial charge < -0.3 is 15.0 Å². The van der Waals surface area contributed by atoms with Crippen molar-refractivity contribution in [2.24, 2.45) is 0 Å². The predicted molar refractivity (Wildman–Crippen MR) is 93.2 cm³/mol. The van der Waals surface area contributed by atoms with Crippen molar-refractivity contribution in [1.82, 2.24) is 4.90 Å². The van der Waals surface area contributed by atoms with Gasteiger partial charge in [-0.15, -0.1) is 0 Å². The number of nitrogens with zero attached hydrogens (tertiary/aromatic N) is 1. The summed E-state index contributed by atoms with van der Waals surface area (Å²) >= 11 is 3.37. The molecule has 23 heavy (non-hydrogen) atoms. The quantitative estimate of drug-likeness (QED) is 0.794. The lowest BCUT2D eigenvalue weighted by Gasteiger charge is -2.26. The lowest BCUT2D eigenvalue weighted by atomic mass is 10.1. The van der Waals surface area contributed by atoms with Crippen LogP contribution in [-0.4, -0.2) is 35.7 Å². The maximum Gasteiger partial charge on any atom is 0.410 e. The van der Waals surface area contributed by atoms with Gasteiger partial charge in [0.05, 0.1) is 0 Å². The van der Waals surface area contributed by atoms with E-state index in [1.807, 2.05) is 20.8 Å². The minimum Gasteiger partial charge on any atom is -0.444 e. The molecule has 0 saturated carbocycles. The molecule has 1 aromatic carbocycles. The number of anilines is 1. The molecule has 1 unspecified atom stereocenters. The highest BCUT2D eigenvalue weighted by molar-refractivity contribution is 9.10. The first-order chi connectivity index (χ1) is 10.7. The van der Waals surface area contributed by atoms with Crippen LogP contribution >= 0.6 is 15.9 Å². The van der Waals surface area contributed by atoms with Crippen molar-refractivity contribution in [3.63, 3.8) is 0 Å². The number of halogens is 2. The van der Waals surface area contributed by atoms with E-state index in [0.29, 0.717) is 17.6 Å². The Bertz CT molecular complexity index is 560. The molecule has 0 aromatic heterocycles. The minimum atomic E-state index is -0.472. The number of hydrogen-bond acceptors (Lipinski definition) is 3. The van der Waals surface area contributed by atoms with Crippen molar-refractivity contribution in [2.45, 2.75) is 51.7 Å². The summed E-state index contributed by atoms with van der Waals surface area (Å²) in [7, 11) is 0. The van der Waals surface area contributed by atoms with Crippen LogP contribution in [0.2, 0.25) is 0 Å². The predicted octanol–water partition coefficient (Wildman–Crippen LogP) is 4.79. The standard InChI is InChI=1S/C17H24BrFN2O2/c1-17(2,3)23-16(22)21-9-4-5-13(8-10-21)20-15-7-6-12(19)11-14(15)18/h6-7,11,13,20H,4-5,8-10H2,1-3H3. The van der Waals surface area contributed by atoms with Gasteiger partial charge in [-0.05, 0) is 74.2 Å². The Hall–Kier alpha value is -1.30. The van der Waals surface area contributed by atoms with Gasteiger partial charge in [0.1, 0.15) is 11.4 Å². The Morgan fingerprint density at radius 1 is 1.35 bits per heavy atom. The molecule has 1 amide bonds. The first-order valence-corrected chi connectivity index (χ1v) is 8.73. The van der Waals surface area contributed by atoms with Crippen molar-refractivity contribution in [3.05, 3.63) is 28.5 Å². The first kappa shape index (κ1) is 18.0. The number of nitrogens with one attached hydrogen (secondary N) is 1. The number of rotatable bonds is 2. The van der Waals surface area contributed by atoms with Gasteiger partial charge in [-0.25, -0.2) is 9.18 Å². The molecule has 1 aliphatic rings. The molecule has 1 aromatic rings. The minimum absolute atomic E-state index is 0.249. The molecular weight excluding hydrogens is 363 g/mol. The van der Waals surface area contributed by atoms with Crippen molar-refractivity contribution < 1.29 is 13.9 Å². The summed E-state index contributed by atoms with van der Waals surface area (Å²) < 4.78 is 19.3. The lowest BCUT2D eigenvalue weighted by molar-refractivity contribution is 0.0256. The largest absolute Gasteiger partial charge is 0.444 e. The average molecular weight is 387 g/mol. The zero-order valence-electron chi connectivity index (χ0n) is 13.9. The first-order valence-electron chi connectivity index (χ1n) is 7.94. The second kappa shape index (κ2) is 7.51. The molecule has 0 spiro atoms. The molecule has 1 heterocycles. The van der Waals surface area contributed by atoms with Gasteiger partial charge in [0.15, 0.2) is 0 Å². The Kier molecular flexibility index (Phi) is 5.89. The topological polar surface area (TPSA) is 41.6 Å². The van der Waals surface area contributed by atoms with E-state index in [-0.39, 0.29) is 18.0 Å². The number of ether oxygens (including phenoxy) is 1. The number of carbonyl (C=O) groups excluding carboxylic acids is 1. The van der Waals surface area contributed by atoms with Crippen LogP contribution in [0.1, 0.15) is 40.0 Å². The lowest BCUT2D eigenvalue weighted by Crippen LogP contribution is -2.37. The molecule has 6 heteroatoms. The maximum absolute atomic E-state index is 13.2. The second-order valence-corrected chi connectivity index (χ2v) is 7.72. The smallest absolute Gasteiger partial charge is 0.410 e. The van der Waals surface area contributed by atoms with E-state index in [1.54, 1.807) is 11.0 Å². The number of amides is 1. The molecule has 1 N–H and O–H groups in total. The van der Waals surface area contributed by atoms with Gasteiger partial charge in [0.2, 0.25) is 0 Å². The summed E-state index contributed by atoms with van der Waals surface area (Å²) in [5.41, 5.74) is 0.405.